The van der Waals surface area contributed by atoms with Crippen molar-refractivity contribution in [2.45, 2.75) is 0 Å². The van der Waals surface area contributed by atoms with Gasteiger partial charge in [0, 0.05) is 17.4 Å². The van der Waals surface area contributed by atoms with Crippen LogP contribution in [0.5, 0.6) is 0 Å². The molecule has 0 aliphatic rings. The quantitative estimate of drug-likeness (QED) is 0.730. The molecule has 0 bridgehead atoms. The van der Waals surface area contributed by atoms with Crippen LogP contribution in [0.4, 0.5) is 11.5 Å². The number of hydrogen-bond donors (Lipinski definition) is 1. The maximum absolute atomic E-state index is 12.6. The van der Waals surface area contributed by atoms with Crippen molar-refractivity contribution in [1.29, 1.82) is 0 Å². The summed E-state index contributed by atoms with van der Waals surface area (Å²) in [6, 6.07) is 22.5. The summed E-state index contributed by atoms with van der Waals surface area (Å²) in [7, 11) is 0. The molecule has 102 valence electrons. The lowest BCUT2D eigenvalue weighted by molar-refractivity contribution is 0.103. The minimum Gasteiger partial charge on any atom is -0.340 e. The second-order valence-electron chi connectivity index (χ2n) is 4.59. The monoisotopic (exact) mass is 274 g/mol. The maximum Gasteiger partial charge on any atom is 0.196 e. The highest BCUT2D eigenvalue weighted by Gasteiger charge is 2.14. The van der Waals surface area contributed by atoms with Gasteiger partial charge in [-0.3, -0.25) is 4.79 Å². The molecular weight excluding hydrogens is 260 g/mol. The van der Waals surface area contributed by atoms with Crippen molar-refractivity contribution < 1.29 is 4.79 Å². The molecule has 21 heavy (non-hydrogen) atoms. The third-order valence-corrected chi connectivity index (χ3v) is 3.12. The lowest BCUT2D eigenvalue weighted by Gasteiger charge is -2.10. The van der Waals surface area contributed by atoms with Crippen molar-refractivity contribution in [3.8, 4) is 0 Å². The van der Waals surface area contributed by atoms with E-state index < -0.39 is 0 Å². The highest BCUT2D eigenvalue weighted by atomic mass is 16.1. The molecule has 0 saturated heterocycles. The maximum atomic E-state index is 12.6. The molecule has 0 fully saturated rings. The molecule has 0 atom stereocenters. The second-order valence-corrected chi connectivity index (χ2v) is 4.59. The van der Waals surface area contributed by atoms with Gasteiger partial charge in [-0.15, -0.1) is 0 Å². The van der Waals surface area contributed by atoms with Crippen LogP contribution >= 0.6 is 0 Å². The molecule has 0 aliphatic carbocycles. The fourth-order valence-electron chi connectivity index (χ4n) is 2.09. The Morgan fingerprint density at radius 1 is 0.810 bits per heavy atom. The summed E-state index contributed by atoms with van der Waals surface area (Å²) in [4.78, 5) is 16.9. The highest BCUT2D eigenvalue weighted by Crippen LogP contribution is 2.20. The molecule has 0 saturated carbocycles. The normalized spacial score (nSPS) is 10.1. The number of carbonyl (C=O) groups excluding carboxylic acids is 1. The number of rotatable bonds is 4. The lowest BCUT2D eigenvalue weighted by Crippen LogP contribution is -2.06. The highest BCUT2D eigenvalue weighted by molar-refractivity contribution is 6.12. The van der Waals surface area contributed by atoms with Gasteiger partial charge in [0.1, 0.15) is 5.82 Å². The third kappa shape index (κ3) is 2.98. The molecule has 3 aromatic rings. The number of ketones is 1. The topological polar surface area (TPSA) is 42.0 Å². The first kappa shape index (κ1) is 13.1. The lowest BCUT2D eigenvalue weighted by atomic mass is 10.0. The number of benzene rings is 2. The number of aromatic nitrogens is 1. The van der Waals surface area contributed by atoms with E-state index in [2.05, 4.69) is 10.3 Å². The van der Waals surface area contributed by atoms with Crippen molar-refractivity contribution in [1.82, 2.24) is 4.98 Å². The Balaban J connectivity index is 1.95. The summed E-state index contributed by atoms with van der Waals surface area (Å²) < 4.78 is 0. The Bertz CT molecular complexity index is 739. The van der Waals surface area contributed by atoms with Gasteiger partial charge in [-0.2, -0.15) is 0 Å². The van der Waals surface area contributed by atoms with Gasteiger partial charge in [0.25, 0.3) is 0 Å². The zero-order valence-electron chi connectivity index (χ0n) is 11.4. The first-order valence-corrected chi connectivity index (χ1v) is 6.71. The van der Waals surface area contributed by atoms with Crippen LogP contribution in [-0.2, 0) is 0 Å². The van der Waals surface area contributed by atoms with E-state index in [0.29, 0.717) is 16.9 Å². The van der Waals surface area contributed by atoms with E-state index in [4.69, 9.17) is 0 Å². The summed E-state index contributed by atoms with van der Waals surface area (Å²) in [5.74, 6) is 0.527. The van der Waals surface area contributed by atoms with E-state index >= 15 is 0 Å². The number of pyridine rings is 1. The summed E-state index contributed by atoms with van der Waals surface area (Å²) in [5.41, 5.74) is 2.12. The summed E-state index contributed by atoms with van der Waals surface area (Å²) in [6.07, 6.45) is 1.67. The predicted molar refractivity (Wildman–Crippen MR) is 83.8 cm³/mol. The predicted octanol–water partition coefficient (Wildman–Crippen LogP) is 4.06. The zero-order valence-corrected chi connectivity index (χ0v) is 11.4. The average Bonchev–Trinajstić information content (AvgIpc) is 2.56. The minimum absolute atomic E-state index is 0.0397. The van der Waals surface area contributed by atoms with Crippen molar-refractivity contribution in [3.63, 3.8) is 0 Å². The molecule has 0 spiro atoms. The van der Waals surface area contributed by atoms with Crippen LogP contribution < -0.4 is 5.32 Å². The van der Waals surface area contributed by atoms with E-state index in [1.165, 1.54) is 0 Å². The van der Waals surface area contributed by atoms with Crippen LogP contribution in [0.3, 0.4) is 0 Å². The van der Waals surface area contributed by atoms with Crippen molar-refractivity contribution in [3.05, 3.63) is 90.1 Å². The fourth-order valence-corrected chi connectivity index (χ4v) is 2.09. The minimum atomic E-state index is -0.0397. The largest absolute Gasteiger partial charge is 0.340 e. The van der Waals surface area contributed by atoms with Crippen LogP contribution in [0.1, 0.15) is 15.9 Å². The molecule has 3 heteroatoms. The molecule has 0 amide bonds. The van der Waals surface area contributed by atoms with E-state index in [9.17, 15) is 4.79 Å². The molecule has 1 heterocycles. The Hall–Kier alpha value is -2.94. The SMILES string of the molecule is O=C(c1ccccc1)c1cccnc1Nc1ccccc1. The number of para-hydroxylation sites is 1. The third-order valence-electron chi connectivity index (χ3n) is 3.12. The van der Waals surface area contributed by atoms with Crippen molar-refractivity contribution in [2.75, 3.05) is 5.32 Å². The summed E-state index contributed by atoms with van der Waals surface area (Å²) in [5, 5.41) is 3.19. The molecule has 0 aliphatic heterocycles. The first-order chi connectivity index (χ1) is 10.3. The molecule has 0 unspecified atom stereocenters. The summed E-state index contributed by atoms with van der Waals surface area (Å²) in [6.45, 7) is 0. The van der Waals surface area contributed by atoms with Gasteiger partial charge in [0.05, 0.1) is 5.56 Å². The van der Waals surface area contributed by atoms with Gasteiger partial charge in [0.15, 0.2) is 5.78 Å². The number of nitrogens with one attached hydrogen (secondary N) is 1. The fraction of sp³-hybridized carbons (Fsp3) is 0. The molecular formula is C18H14N2O. The zero-order chi connectivity index (χ0) is 14.5. The molecule has 1 N–H and O–H groups in total. The smallest absolute Gasteiger partial charge is 0.196 e. The van der Waals surface area contributed by atoms with E-state index in [0.717, 1.165) is 5.69 Å². The molecule has 3 nitrogen and oxygen atoms in total. The van der Waals surface area contributed by atoms with Gasteiger partial charge in [-0.25, -0.2) is 4.98 Å². The second kappa shape index (κ2) is 6.01. The molecule has 0 radical (unpaired) electrons. The Kier molecular flexibility index (Phi) is 3.74. The van der Waals surface area contributed by atoms with Crippen LogP contribution in [0, 0.1) is 0 Å². The van der Waals surface area contributed by atoms with Gasteiger partial charge in [0.2, 0.25) is 0 Å². The average molecular weight is 274 g/mol. The Morgan fingerprint density at radius 2 is 1.48 bits per heavy atom. The van der Waals surface area contributed by atoms with Crippen molar-refractivity contribution >= 4 is 17.3 Å². The number of carbonyl (C=O) groups is 1. The number of hydrogen-bond acceptors (Lipinski definition) is 3. The van der Waals surface area contributed by atoms with Crippen LogP contribution in [0.2, 0.25) is 0 Å². The Morgan fingerprint density at radius 3 is 2.19 bits per heavy atom. The van der Waals surface area contributed by atoms with Gasteiger partial charge in [-0.05, 0) is 24.3 Å². The first-order valence-electron chi connectivity index (χ1n) is 6.71. The standard InChI is InChI=1S/C18H14N2O/c21-17(14-8-3-1-4-9-14)16-12-7-13-19-18(16)20-15-10-5-2-6-11-15/h1-13H,(H,19,20). The number of nitrogens with zero attached hydrogens (tertiary/aromatic N) is 1. The summed E-state index contributed by atoms with van der Waals surface area (Å²) >= 11 is 0. The van der Waals surface area contributed by atoms with Crippen LogP contribution in [0.15, 0.2) is 79.0 Å². The van der Waals surface area contributed by atoms with Gasteiger partial charge in [-0.1, -0.05) is 48.5 Å². The van der Waals surface area contributed by atoms with Gasteiger partial charge < -0.3 is 5.32 Å². The Labute approximate surface area is 123 Å². The molecule has 2 aromatic carbocycles. The van der Waals surface area contributed by atoms with Gasteiger partial charge >= 0.3 is 0 Å². The molecule has 1 aromatic heterocycles. The molecule has 3 rings (SSSR count). The van der Waals surface area contributed by atoms with Crippen LogP contribution in [-0.4, -0.2) is 10.8 Å². The van der Waals surface area contributed by atoms with Crippen molar-refractivity contribution in [2.24, 2.45) is 0 Å². The van der Waals surface area contributed by atoms with E-state index in [1.807, 2.05) is 60.7 Å². The van der Waals surface area contributed by atoms with E-state index in [1.54, 1.807) is 18.3 Å². The number of anilines is 2. The van der Waals surface area contributed by atoms with E-state index in [-0.39, 0.29) is 5.78 Å². The van der Waals surface area contributed by atoms with Crippen LogP contribution in [0.25, 0.3) is 0 Å².